The normalized spacial score (nSPS) is 39.0. The van der Waals surface area contributed by atoms with E-state index < -0.39 is 5.60 Å². The first-order valence-corrected chi connectivity index (χ1v) is 4.34. The van der Waals surface area contributed by atoms with E-state index in [-0.39, 0.29) is 0 Å². The summed E-state index contributed by atoms with van der Waals surface area (Å²) < 4.78 is 0. The number of hydrogen-bond acceptors (Lipinski definition) is 3. The summed E-state index contributed by atoms with van der Waals surface area (Å²) in [6.45, 7) is 0.575. The minimum atomic E-state index is -0.495. The maximum absolute atomic E-state index is 9.85. The van der Waals surface area contributed by atoms with Crippen molar-refractivity contribution in [2.75, 3.05) is 6.54 Å². The molecule has 0 bridgehead atoms. The molecule has 3 heteroatoms. The Bertz CT molecular complexity index is 119. The van der Waals surface area contributed by atoms with Crippen LogP contribution in [0.15, 0.2) is 0 Å². The van der Waals surface area contributed by atoms with Crippen LogP contribution in [0.2, 0.25) is 0 Å². The summed E-state index contributed by atoms with van der Waals surface area (Å²) in [6.07, 6.45) is 4.25. The van der Waals surface area contributed by atoms with Gasteiger partial charge in [-0.3, -0.25) is 0 Å². The Balaban J connectivity index is 2.35. The quantitative estimate of drug-likeness (QED) is 0.528. The average Bonchev–Trinajstić information content (AvgIpc) is 1.97. The summed E-state index contributed by atoms with van der Waals surface area (Å²) >= 11 is 0. The lowest BCUT2D eigenvalue weighted by Crippen LogP contribution is -2.40. The molecule has 11 heavy (non-hydrogen) atoms. The van der Waals surface area contributed by atoms with E-state index in [1.165, 1.54) is 0 Å². The molecule has 5 N–H and O–H groups in total. The van der Waals surface area contributed by atoms with Gasteiger partial charge >= 0.3 is 0 Å². The van der Waals surface area contributed by atoms with E-state index in [0.717, 1.165) is 32.1 Å². The molecule has 0 aliphatic heterocycles. The molecular formula is C8H18N2O. The first-order valence-electron chi connectivity index (χ1n) is 4.34. The molecule has 0 aromatic heterocycles. The highest BCUT2D eigenvalue weighted by molar-refractivity contribution is 4.86. The van der Waals surface area contributed by atoms with Crippen molar-refractivity contribution < 1.29 is 5.11 Å². The van der Waals surface area contributed by atoms with Gasteiger partial charge in [0.2, 0.25) is 0 Å². The van der Waals surface area contributed by atoms with Gasteiger partial charge in [-0.2, -0.15) is 0 Å². The molecule has 0 aromatic rings. The molecule has 0 amide bonds. The lowest BCUT2D eigenvalue weighted by atomic mass is 9.80. The van der Waals surface area contributed by atoms with Gasteiger partial charge in [0, 0.05) is 6.04 Å². The Hall–Kier alpha value is -0.120. The summed E-state index contributed by atoms with van der Waals surface area (Å²) in [5, 5.41) is 9.85. The van der Waals surface area contributed by atoms with E-state index >= 15 is 0 Å². The van der Waals surface area contributed by atoms with Crippen molar-refractivity contribution >= 4 is 0 Å². The topological polar surface area (TPSA) is 72.3 Å². The molecule has 0 heterocycles. The predicted molar refractivity (Wildman–Crippen MR) is 45.1 cm³/mol. The van der Waals surface area contributed by atoms with Crippen LogP contribution in [0.3, 0.4) is 0 Å². The van der Waals surface area contributed by atoms with Crippen molar-refractivity contribution in [1.29, 1.82) is 0 Å². The zero-order chi connectivity index (χ0) is 8.32. The monoisotopic (exact) mass is 158 g/mol. The van der Waals surface area contributed by atoms with Gasteiger partial charge in [-0.1, -0.05) is 0 Å². The van der Waals surface area contributed by atoms with Crippen LogP contribution in [0.1, 0.15) is 32.1 Å². The highest BCUT2D eigenvalue weighted by Gasteiger charge is 2.30. The molecule has 0 saturated heterocycles. The lowest BCUT2D eigenvalue weighted by Gasteiger charge is -2.34. The van der Waals surface area contributed by atoms with E-state index in [1.54, 1.807) is 0 Å². The Morgan fingerprint density at radius 1 is 1.36 bits per heavy atom. The van der Waals surface area contributed by atoms with Gasteiger partial charge in [0.1, 0.15) is 0 Å². The number of aliphatic hydroxyl groups is 1. The van der Waals surface area contributed by atoms with Crippen LogP contribution in [-0.4, -0.2) is 23.3 Å². The summed E-state index contributed by atoms with van der Waals surface area (Å²) in [6, 6.07) is 0.299. The molecule has 1 fully saturated rings. The molecule has 1 aliphatic rings. The summed E-state index contributed by atoms with van der Waals surface area (Å²) in [5.74, 6) is 0. The van der Waals surface area contributed by atoms with Crippen LogP contribution in [0.5, 0.6) is 0 Å². The van der Waals surface area contributed by atoms with Crippen LogP contribution in [0.4, 0.5) is 0 Å². The highest BCUT2D eigenvalue weighted by Crippen LogP contribution is 2.29. The zero-order valence-electron chi connectivity index (χ0n) is 6.92. The van der Waals surface area contributed by atoms with Gasteiger partial charge < -0.3 is 16.6 Å². The Morgan fingerprint density at radius 3 is 2.36 bits per heavy atom. The molecule has 0 aromatic carbocycles. The van der Waals surface area contributed by atoms with Crippen LogP contribution in [0.25, 0.3) is 0 Å². The summed E-state index contributed by atoms with van der Waals surface area (Å²) in [7, 11) is 0. The largest absolute Gasteiger partial charge is 0.390 e. The van der Waals surface area contributed by atoms with Crippen LogP contribution >= 0.6 is 0 Å². The van der Waals surface area contributed by atoms with E-state index in [2.05, 4.69) is 0 Å². The molecule has 3 nitrogen and oxygen atoms in total. The second-order valence-corrected chi connectivity index (χ2v) is 3.60. The van der Waals surface area contributed by atoms with Gasteiger partial charge in [-0.25, -0.2) is 0 Å². The third-order valence-corrected chi connectivity index (χ3v) is 2.57. The maximum Gasteiger partial charge on any atom is 0.0661 e. The van der Waals surface area contributed by atoms with Gasteiger partial charge in [-0.05, 0) is 38.6 Å². The molecule has 0 unspecified atom stereocenters. The molecule has 0 radical (unpaired) electrons. The fourth-order valence-corrected chi connectivity index (χ4v) is 1.70. The Morgan fingerprint density at radius 2 is 1.91 bits per heavy atom. The van der Waals surface area contributed by atoms with Crippen molar-refractivity contribution in [3.63, 3.8) is 0 Å². The Labute approximate surface area is 67.8 Å². The van der Waals surface area contributed by atoms with E-state index in [4.69, 9.17) is 11.5 Å². The minimum absolute atomic E-state index is 0.299. The predicted octanol–water partition coefficient (Wildman–Crippen LogP) is -0.0324. The van der Waals surface area contributed by atoms with Crippen LogP contribution in [-0.2, 0) is 0 Å². The van der Waals surface area contributed by atoms with Crippen molar-refractivity contribution in [2.45, 2.75) is 43.7 Å². The standard InChI is InChI=1S/C8H18N2O/c9-6-5-8(11)3-1-7(10)2-4-8/h7,11H,1-6,9-10H2. The smallest absolute Gasteiger partial charge is 0.0661 e. The summed E-state index contributed by atoms with van der Waals surface area (Å²) in [5.41, 5.74) is 10.6. The average molecular weight is 158 g/mol. The molecule has 0 spiro atoms. The Kier molecular flexibility index (Phi) is 2.87. The van der Waals surface area contributed by atoms with Crippen molar-refractivity contribution in [1.82, 2.24) is 0 Å². The first kappa shape index (κ1) is 8.97. The van der Waals surface area contributed by atoms with E-state index in [9.17, 15) is 5.11 Å². The molecule has 1 aliphatic carbocycles. The maximum atomic E-state index is 9.85. The fourth-order valence-electron chi connectivity index (χ4n) is 1.70. The van der Waals surface area contributed by atoms with E-state index in [1.807, 2.05) is 0 Å². The summed E-state index contributed by atoms with van der Waals surface area (Å²) in [4.78, 5) is 0. The van der Waals surface area contributed by atoms with Gasteiger partial charge in [0.05, 0.1) is 5.60 Å². The second kappa shape index (κ2) is 3.52. The van der Waals surface area contributed by atoms with Gasteiger partial charge in [0.25, 0.3) is 0 Å². The molecule has 66 valence electrons. The minimum Gasteiger partial charge on any atom is -0.390 e. The van der Waals surface area contributed by atoms with Crippen LogP contribution in [0, 0.1) is 0 Å². The van der Waals surface area contributed by atoms with Crippen molar-refractivity contribution in [2.24, 2.45) is 11.5 Å². The number of nitrogens with two attached hydrogens (primary N) is 2. The van der Waals surface area contributed by atoms with Crippen molar-refractivity contribution in [3.05, 3.63) is 0 Å². The lowest BCUT2D eigenvalue weighted by molar-refractivity contribution is -0.00555. The SMILES string of the molecule is NCCC1(O)CCC(N)CC1. The number of rotatable bonds is 2. The third-order valence-electron chi connectivity index (χ3n) is 2.57. The highest BCUT2D eigenvalue weighted by atomic mass is 16.3. The zero-order valence-corrected chi connectivity index (χ0v) is 6.92. The van der Waals surface area contributed by atoms with Crippen LogP contribution < -0.4 is 11.5 Å². The van der Waals surface area contributed by atoms with Crippen molar-refractivity contribution in [3.8, 4) is 0 Å². The van der Waals surface area contributed by atoms with E-state index in [0.29, 0.717) is 12.6 Å². The molecular weight excluding hydrogens is 140 g/mol. The third kappa shape index (κ3) is 2.43. The van der Waals surface area contributed by atoms with Gasteiger partial charge in [-0.15, -0.1) is 0 Å². The number of hydrogen-bond donors (Lipinski definition) is 3. The first-order chi connectivity index (χ1) is 5.16. The molecule has 0 atom stereocenters. The van der Waals surface area contributed by atoms with Gasteiger partial charge in [0.15, 0.2) is 0 Å². The fraction of sp³-hybridized carbons (Fsp3) is 1.00. The molecule has 1 saturated carbocycles. The molecule has 1 rings (SSSR count). The second-order valence-electron chi connectivity index (χ2n) is 3.60.